The molecule has 120 valence electrons. The van der Waals surface area contributed by atoms with Gasteiger partial charge < -0.3 is 9.15 Å². The third kappa shape index (κ3) is 4.62. The fourth-order valence-corrected chi connectivity index (χ4v) is 2.49. The van der Waals surface area contributed by atoms with Gasteiger partial charge in [0.2, 0.25) is 0 Å². The highest BCUT2D eigenvalue weighted by Gasteiger charge is 2.06. The molecule has 0 aliphatic rings. The van der Waals surface area contributed by atoms with E-state index in [1.807, 2.05) is 18.2 Å². The summed E-state index contributed by atoms with van der Waals surface area (Å²) in [6, 6.07) is 7.65. The van der Waals surface area contributed by atoms with Gasteiger partial charge in [0.05, 0.1) is 12.0 Å². The first kappa shape index (κ1) is 16.6. The minimum atomic E-state index is -0.260. The van der Waals surface area contributed by atoms with Gasteiger partial charge in [-0.15, -0.1) is 0 Å². The third-order valence-corrected chi connectivity index (χ3v) is 3.83. The molecule has 0 aliphatic heterocycles. The molecule has 0 fully saturated rings. The zero-order valence-electron chi connectivity index (χ0n) is 13.7. The van der Waals surface area contributed by atoms with E-state index in [0.717, 1.165) is 42.6 Å². The molecule has 3 heteroatoms. The van der Waals surface area contributed by atoms with Crippen molar-refractivity contribution in [3.63, 3.8) is 0 Å². The molecule has 0 amide bonds. The highest BCUT2D eigenvalue weighted by molar-refractivity contribution is 5.82. The first-order valence-corrected chi connectivity index (χ1v) is 8.44. The molecule has 0 saturated carbocycles. The lowest BCUT2D eigenvalue weighted by atomic mass is 10.1. The standard InChI is InChI=1S/C19H26O3/c1-3-5-7-8-9-17-13-15-10-11-16(21-12-6-4-2)14-18(15)19(20)22-17/h10-11,13-14H,3-9,12H2,1-2H3. The van der Waals surface area contributed by atoms with E-state index < -0.39 is 0 Å². The Balaban J connectivity index is 2.11. The molecule has 2 rings (SSSR count). The van der Waals surface area contributed by atoms with E-state index in [2.05, 4.69) is 13.8 Å². The number of fused-ring (bicyclic) bond motifs is 1. The van der Waals surface area contributed by atoms with E-state index in [-0.39, 0.29) is 5.63 Å². The summed E-state index contributed by atoms with van der Waals surface area (Å²) in [5.41, 5.74) is -0.260. The van der Waals surface area contributed by atoms with Gasteiger partial charge in [-0.3, -0.25) is 0 Å². The molecule has 0 atom stereocenters. The van der Waals surface area contributed by atoms with Crippen LogP contribution in [0.1, 0.15) is 58.1 Å². The number of benzene rings is 1. The van der Waals surface area contributed by atoms with E-state index in [4.69, 9.17) is 9.15 Å². The average molecular weight is 302 g/mol. The van der Waals surface area contributed by atoms with Crippen LogP contribution in [0.4, 0.5) is 0 Å². The van der Waals surface area contributed by atoms with E-state index in [1.165, 1.54) is 19.3 Å². The summed E-state index contributed by atoms with van der Waals surface area (Å²) in [6.07, 6.45) is 7.64. The predicted molar refractivity (Wildman–Crippen MR) is 90.7 cm³/mol. The Morgan fingerprint density at radius 3 is 2.59 bits per heavy atom. The van der Waals surface area contributed by atoms with Crippen molar-refractivity contribution in [2.45, 2.75) is 58.8 Å². The second-order valence-corrected chi connectivity index (χ2v) is 5.76. The van der Waals surface area contributed by atoms with Crippen LogP contribution in [0.3, 0.4) is 0 Å². The van der Waals surface area contributed by atoms with Crippen LogP contribution in [-0.2, 0) is 6.42 Å². The Morgan fingerprint density at radius 1 is 1.00 bits per heavy atom. The molecular weight excluding hydrogens is 276 g/mol. The fourth-order valence-electron chi connectivity index (χ4n) is 2.49. The quantitative estimate of drug-likeness (QED) is 0.605. The normalized spacial score (nSPS) is 11.0. The lowest BCUT2D eigenvalue weighted by molar-refractivity contribution is 0.309. The zero-order valence-corrected chi connectivity index (χ0v) is 13.7. The zero-order chi connectivity index (χ0) is 15.8. The number of hydrogen-bond acceptors (Lipinski definition) is 3. The number of unbranched alkanes of at least 4 members (excludes halogenated alkanes) is 4. The van der Waals surface area contributed by atoms with E-state index in [0.29, 0.717) is 12.0 Å². The van der Waals surface area contributed by atoms with Crippen molar-refractivity contribution in [1.29, 1.82) is 0 Å². The number of hydrogen-bond donors (Lipinski definition) is 0. The Hall–Kier alpha value is -1.77. The van der Waals surface area contributed by atoms with Crippen LogP contribution in [0.5, 0.6) is 5.75 Å². The second-order valence-electron chi connectivity index (χ2n) is 5.76. The maximum absolute atomic E-state index is 12.1. The Labute approximate surface area is 132 Å². The van der Waals surface area contributed by atoms with Crippen molar-refractivity contribution in [1.82, 2.24) is 0 Å². The van der Waals surface area contributed by atoms with Gasteiger partial charge in [-0.1, -0.05) is 45.6 Å². The molecule has 0 aliphatic carbocycles. The molecule has 0 bridgehead atoms. The molecule has 0 N–H and O–H groups in total. The van der Waals surface area contributed by atoms with Crippen molar-refractivity contribution < 1.29 is 9.15 Å². The molecule has 1 aromatic carbocycles. The Morgan fingerprint density at radius 2 is 1.82 bits per heavy atom. The Kier molecular flexibility index (Phi) is 6.50. The first-order valence-electron chi connectivity index (χ1n) is 8.44. The van der Waals surface area contributed by atoms with Crippen LogP contribution in [0.15, 0.2) is 33.5 Å². The van der Waals surface area contributed by atoms with Gasteiger partial charge >= 0.3 is 5.63 Å². The smallest absolute Gasteiger partial charge is 0.343 e. The molecule has 2 aromatic rings. The molecule has 0 saturated heterocycles. The molecule has 22 heavy (non-hydrogen) atoms. The van der Waals surface area contributed by atoms with Crippen LogP contribution >= 0.6 is 0 Å². The fraction of sp³-hybridized carbons (Fsp3) is 0.526. The second kappa shape index (κ2) is 8.62. The molecule has 3 nitrogen and oxygen atoms in total. The van der Waals surface area contributed by atoms with Gasteiger partial charge in [0.25, 0.3) is 0 Å². The average Bonchev–Trinajstić information content (AvgIpc) is 2.52. The lowest BCUT2D eigenvalue weighted by Crippen LogP contribution is -2.03. The summed E-state index contributed by atoms with van der Waals surface area (Å²) in [7, 11) is 0. The van der Waals surface area contributed by atoms with E-state index in [9.17, 15) is 4.79 Å². The Bertz CT molecular complexity index is 643. The summed E-state index contributed by atoms with van der Waals surface area (Å²) in [5, 5.41) is 1.54. The summed E-state index contributed by atoms with van der Waals surface area (Å²) in [5.74, 6) is 1.53. The van der Waals surface area contributed by atoms with Gasteiger partial charge in [0.15, 0.2) is 0 Å². The van der Waals surface area contributed by atoms with Gasteiger partial charge in [-0.2, -0.15) is 0 Å². The molecule has 0 radical (unpaired) electrons. The van der Waals surface area contributed by atoms with Crippen LogP contribution in [0.25, 0.3) is 10.8 Å². The maximum Gasteiger partial charge on any atom is 0.343 e. The van der Waals surface area contributed by atoms with E-state index in [1.54, 1.807) is 6.07 Å². The summed E-state index contributed by atoms with van der Waals surface area (Å²) < 4.78 is 11.1. The monoisotopic (exact) mass is 302 g/mol. The van der Waals surface area contributed by atoms with Gasteiger partial charge in [-0.05, 0) is 36.4 Å². The highest BCUT2D eigenvalue weighted by Crippen LogP contribution is 2.20. The highest BCUT2D eigenvalue weighted by atomic mass is 16.5. The molecule has 0 spiro atoms. The van der Waals surface area contributed by atoms with Crippen LogP contribution in [0, 0.1) is 0 Å². The summed E-state index contributed by atoms with van der Waals surface area (Å²) in [4.78, 5) is 12.1. The minimum absolute atomic E-state index is 0.260. The van der Waals surface area contributed by atoms with E-state index >= 15 is 0 Å². The summed E-state index contributed by atoms with van der Waals surface area (Å²) in [6.45, 7) is 5.00. The molecule has 1 aromatic heterocycles. The largest absolute Gasteiger partial charge is 0.494 e. The minimum Gasteiger partial charge on any atom is -0.494 e. The molecule has 0 unspecified atom stereocenters. The topological polar surface area (TPSA) is 39.4 Å². The van der Waals surface area contributed by atoms with Crippen LogP contribution in [0.2, 0.25) is 0 Å². The van der Waals surface area contributed by atoms with Crippen LogP contribution < -0.4 is 10.4 Å². The number of ether oxygens (including phenoxy) is 1. The maximum atomic E-state index is 12.1. The first-order chi connectivity index (χ1) is 10.7. The third-order valence-electron chi connectivity index (χ3n) is 3.83. The SMILES string of the molecule is CCCCCCc1cc2ccc(OCCCC)cc2c(=O)o1. The molecular formula is C19H26O3. The number of aryl methyl sites for hydroxylation is 1. The van der Waals surface area contributed by atoms with Gasteiger partial charge in [0, 0.05) is 6.42 Å². The predicted octanol–water partition coefficient (Wildman–Crippen LogP) is 5.09. The van der Waals surface area contributed by atoms with Gasteiger partial charge in [-0.25, -0.2) is 4.79 Å². The van der Waals surface area contributed by atoms with Crippen molar-refractivity contribution in [2.75, 3.05) is 6.61 Å². The van der Waals surface area contributed by atoms with Crippen molar-refractivity contribution in [2.24, 2.45) is 0 Å². The number of rotatable bonds is 9. The van der Waals surface area contributed by atoms with Crippen LogP contribution in [-0.4, -0.2) is 6.61 Å². The summed E-state index contributed by atoms with van der Waals surface area (Å²) >= 11 is 0. The van der Waals surface area contributed by atoms with Crippen molar-refractivity contribution >= 4 is 10.8 Å². The molecule has 1 heterocycles. The van der Waals surface area contributed by atoms with Crippen molar-refractivity contribution in [3.05, 3.63) is 40.4 Å². The lowest BCUT2D eigenvalue weighted by Gasteiger charge is -2.07. The van der Waals surface area contributed by atoms with Crippen molar-refractivity contribution in [3.8, 4) is 5.75 Å². The van der Waals surface area contributed by atoms with Gasteiger partial charge in [0.1, 0.15) is 11.5 Å².